The van der Waals surface area contributed by atoms with E-state index in [4.69, 9.17) is 23.2 Å². The van der Waals surface area contributed by atoms with Crippen LogP contribution in [0.4, 0.5) is 0 Å². The number of rotatable bonds is 4. The van der Waals surface area contributed by atoms with Crippen LogP contribution in [0.3, 0.4) is 0 Å². The highest BCUT2D eigenvalue weighted by molar-refractivity contribution is 6.35. The molecule has 3 rings (SSSR count). The molecular weight excluding hydrogens is 345 g/mol. The van der Waals surface area contributed by atoms with E-state index in [-0.39, 0.29) is 11.6 Å². The van der Waals surface area contributed by atoms with Gasteiger partial charge in [0.25, 0.3) is 5.56 Å². The Labute approximate surface area is 150 Å². The third kappa shape index (κ3) is 3.46. The van der Waals surface area contributed by atoms with Crippen LogP contribution in [0, 0.1) is 0 Å². The van der Waals surface area contributed by atoms with Crippen LogP contribution >= 0.6 is 23.2 Å². The first-order valence-corrected chi connectivity index (χ1v) is 8.34. The van der Waals surface area contributed by atoms with Gasteiger partial charge in [0.2, 0.25) is 0 Å². The molecule has 0 radical (unpaired) electrons. The van der Waals surface area contributed by atoms with Crippen molar-refractivity contribution in [3.8, 4) is 0 Å². The molecule has 1 atom stereocenters. The zero-order chi connectivity index (χ0) is 17.3. The van der Waals surface area contributed by atoms with Crippen molar-refractivity contribution in [2.24, 2.45) is 0 Å². The average molecular weight is 362 g/mol. The molecule has 0 bridgehead atoms. The number of hydrogen-bond donors (Lipinski definition) is 1. The van der Waals surface area contributed by atoms with E-state index in [2.05, 4.69) is 14.9 Å². The number of halogens is 2. The van der Waals surface area contributed by atoms with Crippen molar-refractivity contribution in [1.82, 2.24) is 14.9 Å². The highest BCUT2D eigenvalue weighted by atomic mass is 35.5. The summed E-state index contributed by atoms with van der Waals surface area (Å²) in [5.74, 6) is 0.631. The van der Waals surface area contributed by atoms with Gasteiger partial charge in [-0.05, 0) is 43.8 Å². The van der Waals surface area contributed by atoms with Gasteiger partial charge in [-0.25, -0.2) is 4.98 Å². The van der Waals surface area contributed by atoms with Crippen LogP contribution in [0.1, 0.15) is 24.4 Å². The Kier molecular flexibility index (Phi) is 4.90. The molecule has 0 saturated carbocycles. The third-order valence-corrected chi connectivity index (χ3v) is 4.71. The molecule has 1 aromatic heterocycles. The topological polar surface area (TPSA) is 49.0 Å². The maximum absolute atomic E-state index is 12.2. The zero-order valence-corrected chi connectivity index (χ0v) is 14.9. The fourth-order valence-electron chi connectivity index (χ4n) is 2.57. The Morgan fingerprint density at radius 2 is 1.96 bits per heavy atom. The molecule has 1 N–H and O–H groups in total. The number of benzene rings is 2. The predicted molar refractivity (Wildman–Crippen MR) is 98.7 cm³/mol. The minimum atomic E-state index is -0.125. The summed E-state index contributed by atoms with van der Waals surface area (Å²) in [7, 11) is 1.96. The maximum Gasteiger partial charge on any atom is 0.258 e. The summed E-state index contributed by atoms with van der Waals surface area (Å²) in [5.41, 5.74) is 1.54. The van der Waals surface area contributed by atoms with Crippen molar-refractivity contribution in [2.45, 2.75) is 19.5 Å². The number of nitrogens with one attached hydrogen (secondary N) is 1. The number of fused-ring (bicyclic) bond motifs is 1. The Hall–Kier alpha value is -1.88. The number of aromatic nitrogens is 2. The van der Waals surface area contributed by atoms with Crippen molar-refractivity contribution in [1.29, 1.82) is 0 Å². The SMILES string of the molecule is CC(c1nc2ccccc2c(=O)[nH]1)N(C)Cc1ccc(Cl)cc1Cl. The van der Waals surface area contributed by atoms with Crippen LogP contribution < -0.4 is 5.56 Å². The van der Waals surface area contributed by atoms with Gasteiger partial charge < -0.3 is 4.98 Å². The number of aromatic amines is 1. The summed E-state index contributed by atoms with van der Waals surface area (Å²) in [6.07, 6.45) is 0. The lowest BCUT2D eigenvalue weighted by molar-refractivity contribution is 0.244. The van der Waals surface area contributed by atoms with E-state index in [0.717, 1.165) is 5.56 Å². The second kappa shape index (κ2) is 6.93. The summed E-state index contributed by atoms with van der Waals surface area (Å²) in [6.45, 7) is 2.62. The van der Waals surface area contributed by atoms with Crippen LogP contribution in [0.5, 0.6) is 0 Å². The summed E-state index contributed by atoms with van der Waals surface area (Å²) >= 11 is 12.2. The van der Waals surface area contributed by atoms with Gasteiger partial charge in [-0.1, -0.05) is 41.4 Å². The lowest BCUT2D eigenvalue weighted by Crippen LogP contribution is -2.26. The molecule has 1 heterocycles. The molecule has 0 amide bonds. The molecule has 0 aliphatic carbocycles. The second-order valence-electron chi connectivity index (χ2n) is 5.80. The molecule has 124 valence electrons. The molecule has 1 unspecified atom stereocenters. The van der Waals surface area contributed by atoms with E-state index in [1.165, 1.54) is 0 Å². The highest BCUT2D eigenvalue weighted by Gasteiger charge is 2.17. The first kappa shape index (κ1) is 17.0. The minimum absolute atomic E-state index is 0.0750. The van der Waals surface area contributed by atoms with E-state index >= 15 is 0 Å². The Balaban J connectivity index is 1.88. The summed E-state index contributed by atoms with van der Waals surface area (Å²) in [6, 6.07) is 12.7. The third-order valence-electron chi connectivity index (χ3n) is 4.12. The summed E-state index contributed by atoms with van der Waals surface area (Å²) in [5, 5.41) is 1.83. The molecule has 24 heavy (non-hydrogen) atoms. The number of nitrogens with zero attached hydrogens (tertiary/aromatic N) is 2. The number of H-pyrrole nitrogens is 1. The maximum atomic E-state index is 12.2. The first-order chi connectivity index (χ1) is 11.5. The quantitative estimate of drug-likeness (QED) is 0.747. The normalized spacial score (nSPS) is 12.7. The van der Waals surface area contributed by atoms with Gasteiger partial charge in [0.05, 0.1) is 16.9 Å². The fourth-order valence-corrected chi connectivity index (χ4v) is 3.03. The monoisotopic (exact) mass is 361 g/mol. The van der Waals surface area contributed by atoms with Gasteiger partial charge in [0.1, 0.15) is 5.82 Å². The van der Waals surface area contributed by atoms with Gasteiger partial charge in [0, 0.05) is 16.6 Å². The molecule has 0 aliphatic rings. The average Bonchev–Trinajstić information content (AvgIpc) is 2.56. The van der Waals surface area contributed by atoms with Crippen LogP contribution in [-0.4, -0.2) is 21.9 Å². The van der Waals surface area contributed by atoms with Gasteiger partial charge >= 0.3 is 0 Å². The van der Waals surface area contributed by atoms with E-state index in [9.17, 15) is 4.79 Å². The summed E-state index contributed by atoms with van der Waals surface area (Å²) in [4.78, 5) is 21.8. The van der Waals surface area contributed by atoms with Crippen molar-refractivity contribution in [3.63, 3.8) is 0 Å². The number of hydrogen-bond acceptors (Lipinski definition) is 3. The van der Waals surface area contributed by atoms with Gasteiger partial charge in [-0.3, -0.25) is 9.69 Å². The molecule has 0 aliphatic heterocycles. The molecule has 0 spiro atoms. The Morgan fingerprint density at radius 3 is 2.71 bits per heavy atom. The molecule has 0 saturated heterocycles. The van der Waals surface area contributed by atoms with E-state index in [0.29, 0.717) is 33.3 Å². The lowest BCUT2D eigenvalue weighted by Gasteiger charge is -2.24. The largest absolute Gasteiger partial charge is 0.309 e. The molecule has 4 nitrogen and oxygen atoms in total. The van der Waals surface area contributed by atoms with E-state index < -0.39 is 0 Å². The zero-order valence-electron chi connectivity index (χ0n) is 13.4. The van der Waals surface area contributed by atoms with Gasteiger partial charge in [-0.15, -0.1) is 0 Å². The van der Waals surface area contributed by atoms with Crippen LogP contribution in [0.15, 0.2) is 47.3 Å². The Bertz CT molecular complexity index is 939. The second-order valence-corrected chi connectivity index (χ2v) is 6.64. The molecule has 6 heteroatoms. The van der Waals surface area contributed by atoms with E-state index in [1.807, 2.05) is 44.3 Å². The van der Waals surface area contributed by atoms with Crippen molar-refractivity contribution in [3.05, 3.63) is 74.3 Å². The fraction of sp³-hybridized carbons (Fsp3) is 0.222. The molecular formula is C18H17Cl2N3O. The van der Waals surface area contributed by atoms with Crippen molar-refractivity contribution >= 4 is 34.1 Å². The van der Waals surface area contributed by atoms with Crippen molar-refractivity contribution < 1.29 is 0 Å². The van der Waals surface area contributed by atoms with Gasteiger partial charge in [-0.2, -0.15) is 0 Å². The predicted octanol–water partition coefficient (Wildman–Crippen LogP) is 4.42. The molecule has 3 aromatic rings. The van der Waals surface area contributed by atoms with Crippen LogP contribution in [-0.2, 0) is 6.54 Å². The van der Waals surface area contributed by atoms with Crippen LogP contribution in [0.25, 0.3) is 10.9 Å². The van der Waals surface area contributed by atoms with Crippen molar-refractivity contribution in [2.75, 3.05) is 7.05 Å². The minimum Gasteiger partial charge on any atom is -0.309 e. The highest BCUT2D eigenvalue weighted by Crippen LogP contribution is 2.25. The standard InChI is InChI=1S/C18H17Cl2N3O/c1-11(23(2)10-12-7-8-13(19)9-15(12)20)17-21-16-6-4-3-5-14(16)18(24)22-17/h3-9,11H,10H2,1-2H3,(H,21,22,24). The van der Waals surface area contributed by atoms with E-state index in [1.54, 1.807) is 12.1 Å². The molecule has 0 fully saturated rings. The Morgan fingerprint density at radius 1 is 1.21 bits per heavy atom. The van der Waals surface area contributed by atoms with Crippen LogP contribution in [0.2, 0.25) is 10.0 Å². The van der Waals surface area contributed by atoms with Gasteiger partial charge in [0.15, 0.2) is 0 Å². The first-order valence-electron chi connectivity index (χ1n) is 7.59. The lowest BCUT2D eigenvalue weighted by atomic mass is 10.1. The summed E-state index contributed by atoms with van der Waals surface area (Å²) < 4.78 is 0. The molecule has 2 aromatic carbocycles. The smallest absolute Gasteiger partial charge is 0.258 e. The number of para-hydroxylation sites is 1.